The number of fused-ring (bicyclic) bond motifs is 1. The van der Waals surface area contributed by atoms with Crippen molar-refractivity contribution in [3.05, 3.63) is 42.0 Å². The van der Waals surface area contributed by atoms with Gasteiger partial charge >= 0.3 is 0 Å². The maximum Gasteiger partial charge on any atom is 0.123 e. The van der Waals surface area contributed by atoms with E-state index in [1.54, 1.807) is 7.11 Å². The van der Waals surface area contributed by atoms with E-state index in [1.165, 1.54) is 0 Å². The third-order valence-corrected chi connectivity index (χ3v) is 3.69. The summed E-state index contributed by atoms with van der Waals surface area (Å²) in [5.41, 5.74) is 1.05. The zero-order valence-corrected chi connectivity index (χ0v) is 12.3. The Balaban J connectivity index is 2.43. The van der Waals surface area contributed by atoms with Crippen molar-refractivity contribution in [1.82, 2.24) is 4.90 Å². The number of nitrogens with zero attached hydrogens (tertiary/aromatic N) is 2. The maximum absolute atomic E-state index is 9.45. The van der Waals surface area contributed by atoms with Gasteiger partial charge in [-0.3, -0.25) is 4.90 Å². The summed E-state index contributed by atoms with van der Waals surface area (Å²) in [5, 5.41) is 11.7. The van der Waals surface area contributed by atoms with E-state index in [2.05, 4.69) is 36.9 Å². The van der Waals surface area contributed by atoms with Gasteiger partial charge in [0, 0.05) is 0 Å². The van der Waals surface area contributed by atoms with Gasteiger partial charge in [-0.25, -0.2) is 0 Å². The van der Waals surface area contributed by atoms with Gasteiger partial charge in [-0.1, -0.05) is 32.0 Å². The normalized spacial score (nSPS) is 12.3. The Hall–Kier alpha value is -2.05. The van der Waals surface area contributed by atoms with Crippen molar-refractivity contribution >= 4 is 10.8 Å². The lowest BCUT2D eigenvalue weighted by Crippen LogP contribution is -2.27. The average molecular weight is 268 g/mol. The summed E-state index contributed by atoms with van der Waals surface area (Å²) in [6.07, 6.45) is 0. The summed E-state index contributed by atoms with van der Waals surface area (Å²) in [6.45, 7) is 5.91. The summed E-state index contributed by atoms with van der Waals surface area (Å²) in [6, 6.07) is 14.4. The third-order valence-electron chi connectivity index (χ3n) is 3.69. The monoisotopic (exact) mass is 268 g/mol. The minimum absolute atomic E-state index is 0.184. The average Bonchev–Trinajstić information content (AvgIpc) is 2.51. The molecule has 3 heteroatoms. The molecular weight excluding hydrogens is 248 g/mol. The molecule has 1 unspecified atom stereocenters. The number of hydrogen-bond donors (Lipinski definition) is 0. The summed E-state index contributed by atoms with van der Waals surface area (Å²) in [7, 11) is 1.67. The molecule has 1 atom stereocenters. The molecule has 0 bridgehead atoms. The van der Waals surface area contributed by atoms with E-state index in [-0.39, 0.29) is 6.04 Å². The minimum Gasteiger partial charge on any atom is -0.497 e. The first-order chi connectivity index (χ1) is 9.73. The minimum atomic E-state index is -0.184. The van der Waals surface area contributed by atoms with Crippen molar-refractivity contribution in [3.63, 3.8) is 0 Å². The largest absolute Gasteiger partial charge is 0.497 e. The second-order valence-electron chi connectivity index (χ2n) is 4.73. The lowest BCUT2D eigenvalue weighted by atomic mass is 10.0. The Bertz CT molecular complexity index is 626. The number of nitriles is 1. The van der Waals surface area contributed by atoms with Crippen LogP contribution in [0.2, 0.25) is 0 Å². The molecule has 0 amide bonds. The highest BCUT2D eigenvalue weighted by Crippen LogP contribution is 2.26. The van der Waals surface area contributed by atoms with E-state index in [0.29, 0.717) is 0 Å². The number of benzene rings is 2. The molecule has 2 rings (SSSR count). The Morgan fingerprint density at radius 2 is 1.75 bits per heavy atom. The number of rotatable bonds is 5. The summed E-state index contributed by atoms with van der Waals surface area (Å²) in [5.74, 6) is 0.853. The first kappa shape index (κ1) is 14.4. The molecule has 0 spiro atoms. The van der Waals surface area contributed by atoms with Crippen LogP contribution in [0, 0.1) is 11.3 Å². The van der Waals surface area contributed by atoms with Crippen LogP contribution in [0.3, 0.4) is 0 Å². The van der Waals surface area contributed by atoms with Crippen LogP contribution in [0.1, 0.15) is 25.5 Å². The molecule has 0 saturated heterocycles. The molecule has 104 valence electrons. The van der Waals surface area contributed by atoms with E-state index in [1.807, 2.05) is 24.3 Å². The third kappa shape index (κ3) is 2.76. The predicted octanol–water partition coefficient (Wildman–Crippen LogP) is 3.75. The molecule has 0 fully saturated rings. The molecule has 0 aliphatic heterocycles. The molecular formula is C17H20N2O. The van der Waals surface area contributed by atoms with Crippen molar-refractivity contribution in [2.45, 2.75) is 19.9 Å². The molecule has 0 saturated carbocycles. The summed E-state index contributed by atoms with van der Waals surface area (Å²) in [4.78, 5) is 2.16. The van der Waals surface area contributed by atoms with Crippen molar-refractivity contribution in [2.75, 3.05) is 20.2 Å². The second kappa shape index (κ2) is 6.40. The topological polar surface area (TPSA) is 36.3 Å². The van der Waals surface area contributed by atoms with Crippen LogP contribution in [-0.2, 0) is 0 Å². The Labute approximate surface area is 120 Å². The first-order valence-corrected chi connectivity index (χ1v) is 6.94. The zero-order chi connectivity index (χ0) is 14.5. The molecule has 0 radical (unpaired) electrons. The van der Waals surface area contributed by atoms with Crippen molar-refractivity contribution in [3.8, 4) is 11.8 Å². The Morgan fingerprint density at radius 1 is 1.10 bits per heavy atom. The molecule has 2 aromatic rings. The Morgan fingerprint density at radius 3 is 2.35 bits per heavy atom. The van der Waals surface area contributed by atoms with Gasteiger partial charge in [0.15, 0.2) is 0 Å². The van der Waals surface area contributed by atoms with Gasteiger partial charge in [-0.05, 0) is 47.6 Å². The highest BCUT2D eigenvalue weighted by atomic mass is 16.5. The smallest absolute Gasteiger partial charge is 0.123 e. The number of methoxy groups -OCH3 is 1. The molecule has 0 aromatic heterocycles. The van der Waals surface area contributed by atoms with Crippen LogP contribution >= 0.6 is 0 Å². The standard InChI is InChI=1S/C17H20N2O/c1-4-19(5-2)17(12-18)15-7-6-14-11-16(20-3)9-8-13(14)10-15/h6-11,17H,4-5H2,1-3H3. The van der Waals surface area contributed by atoms with Crippen LogP contribution in [0.15, 0.2) is 36.4 Å². The van der Waals surface area contributed by atoms with Crippen LogP contribution in [0.25, 0.3) is 10.8 Å². The molecule has 0 aliphatic rings. The lowest BCUT2D eigenvalue weighted by Gasteiger charge is -2.24. The SMILES string of the molecule is CCN(CC)C(C#N)c1ccc2cc(OC)ccc2c1. The van der Waals surface area contributed by atoms with Gasteiger partial charge in [0.25, 0.3) is 0 Å². The molecule has 2 aromatic carbocycles. The second-order valence-corrected chi connectivity index (χ2v) is 4.73. The van der Waals surface area contributed by atoms with E-state index >= 15 is 0 Å². The van der Waals surface area contributed by atoms with Crippen molar-refractivity contribution in [2.24, 2.45) is 0 Å². The van der Waals surface area contributed by atoms with Gasteiger partial charge < -0.3 is 4.74 Å². The van der Waals surface area contributed by atoms with E-state index in [4.69, 9.17) is 4.74 Å². The molecule has 0 N–H and O–H groups in total. The van der Waals surface area contributed by atoms with E-state index in [9.17, 15) is 5.26 Å². The fraction of sp³-hybridized carbons (Fsp3) is 0.353. The van der Waals surface area contributed by atoms with Gasteiger partial charge in [0.05, 0.1) is 13.2 Å². The first-order valence-electron chi connectivity index (χ1n) is 6.94. The van der Waals surface area contributed by atoms with E-state index in [0.717, 1.165) is 35.2 Å². The molecule has 0 aliphatic carbocycles. The van der Waals surface area contributed by atoms with Gasteiger partial charge in [-0.2, -0.15) is 5.26 Å². The Kier molecular flexibility index (Phi) is 4.60. The highest BCUT2D eigenvalue weighted by molar-refractivity contribution is 5.84. The predicted molar refractivity (Wildman–Crippen MR) is 81.8 cm³/mol. The maximum atomic E-state index is 9.45. The number of hydrogen-bond acceptors (Lipinski definition) is 3. The quantitative estimate of drug-likeness (QED) is 0.828. The van der Waals surface area contributed by atoms with Crippen LogP contribution in [0.4, 0.5) is 0 Å². The fourth-order valence-electron chi connectivity index (χ4n) is 2.50. The molecule has 20 heavy (non-hydrogen) atoms. The van der Waals surface area contributed by atoms with E-state index < -0.39 is 0 Å². The summed E-state index contributed by atoms with van der Waals surface area (Å²) >= 11 is 0. The van der Waals surface area contributed by atoms with Gasteiger partial charge in [0.1, 0.15) is 11.8 Å². The zero-order valence-electron chi connectivity index (χ0n) is 12.3. The van der Waals surface area contributed by atoms with Crippen LogP contribution < -0.4 is 4.74 Å². The number of ether oxygens (including phenoxy) is 1. The van der Waals surface area contributed by atoms with Gasteiger partial charge in [-0.15, -0.1) is 0 Å². The van der Waals surface area contributed by atoms with Gasteiger partial charge in [0.2, 0.25) is 0 Å². The lowest BCUT2D eigenvalue weighted by molar-refractivity contribution is 0.262. The van der Waals surface area contributed by atoms with Crippen molar-refractivity contribution in [1.29, 1.82) is 5.26 Å². The van der Waals surface area contributed by atoms with Crippen LogP contribution in [-0.4, -0.2) is 25.1 Å². The molecule has 0 heterocycles. The summed E-state index contributed by atoms with van der Waals surface area (Å²) < 4.78 is 5.23. The van der Waals surface area contributed by atoms with Crippen molar-refractivity contribution < 1.29 is 4.74 Å². The fourth-order valence-corrected chi connectivity index (χ4v) is 2.50. The highest BCUT2D eigenvalue weighted by Gasteiger charge is 2.17. The molecule has 3 nitrogen and oxygen atoms in total. The van der Waals surface area contributed by atoms with Crippen LogP contribution in [0.5, 0.6) is 5.75 Å².